The number of aromatic hydroxyl groups is 1. The Bertz CT molecular complexity index is 1550. The van der Waals surface area contributed by atoms with Crippen molar-refractivity contribution in [3.8, 4) is 22.8 Å². The first-order chi connectivity index (χ1) is 17.1. The largest absolute Gasteiger partial charge is 0.504 e. The molecule has 8 nitrogen and oxygen atoms in total. The molecule has 0 amide bonds. The smallest absolute Gasteiger partial charge is 0.281 e. The molecule has 0 atom stereocenters. The van der Waals surface area contributed by atoms with Crippen molar-refractivity contribution in [3.63, 3.8) is 0 Å². The maximum absolute atomic E-state index is 14.5. The normalized spacial score (nSPS) is 11.4. The zero-order chi connectivity index (χ0) is 26.0. The number of aryl methyl sites for hydroxylation is 1. The average Bonchev–Trinajstić information content (AvgIpc) is 3.19. The van der Waals surface area contributed by atoms with Crippen molar-refractivity contribution in [2.45, 2.75) is 18.5 Å². The van der Waals surface area contributed by atoms with Gasteiger partial charge in [-0.15, -0.1) is 0 Å². The Labute approximate surface area is 214 Å². The average molecular weight is 553 g/mol. The predicted octanol–water partition coefficient (Wildman–Crippen LogP) is 5.57. The third-order valence-corrected chi connectivity index (χ3v) is 7.65. The fourth-order valence-electron chi connectivity index (χ4n) is 3.34. The molecule has 0 aliphatic carbocycles. The summed E-state index contributed by atoms with van der Waals surface area (Å²) in [5.74, 6) is -0.337. The van der Waals surface area contributed by atoms with Crippen LogP contribution in [0, 0.1) is 17.9 Å². The van der Waals surface area contributed by atoms with E-state index in [1.54, 1.807) is 31.2 Å². The van der Waals surface area contributed by atoms with E-state index in [0.29, 0.717) is 33.9 Å². The predicted molar refractivity (Wildman–Crippen MR) is 134 cm³/mol. The van der Waals surface area contributed by atoms with Gasteiger partial charge in [0.15, 0.2) is 21.7 Å². The number of benzene rings is 2. The van der Waals surface area contributed by atoms with Gasteiger partial charge in [0.2, 0.25) is 5.13 Å². The van der Waals surface area contributed by atoms with Crippen molar-refractivity contribution < 1.29 is 27.0 Å². The number of nitrogens with zero attached hydrogens (tertiary/aromatic N) is 2. The molecule has 4 aromatic rings. The Morgan fingerprint density at radius 2 is 1.97 bits per heavy atom. The zero-order valence-electron chi connectivity index (χ0n) is 18.8. The Balaban J connectivity index is 1.51. The fourth-order valence-corrected chi connectivity index (χ4v) is 5.63. The third-order valence-electron chi connectivity index (χ3n) is 5.07. The van der Waals surface area contributed by atoms with E-state index >= 15 is 0 Å². The summed E-state index contributed by atoms with van der Waals surface area (Å²) < 4.78 is 61.0. The number of methoxy groups -OCH3 is 1. The van der Waals surface area contributed by atoms with Gasteiger partial charge < -0.3 is 15.2 Å². The molecular formula is C23H19ClF2N4O4S2. The van der Waals surface area contributed by atoms with E-state index in [2.05, 4.69) is 20.0 Å². The lowest BCUT2D eigenvalue weighted by Gasteiger charge is -2.12. The van der Waals surface area contributed by atoms with E-state index < -0.39 is 21.0 Å². The molecule has 36 heavy (non-hydrogen) atoms. The molecule has 13 heteroatoms. The molecule has 0 unspecified atom stereocenters. The van der Waals surface area contributed by atoms with Gasteiger partial charge in [-0.05, 0) is 42.8 Å². The van der Waals surface area contributed by atoms with E-state index in [4.69, 9.17) is 16.3 Å². The highest BCUT2D eigenvalue weighted by atomic mass is 35.5. The van der Waals surface area contributed by atoms with Crippen LogP contribution in [0.5, 0.6) is 11.5 Å². The molecule has 2 heterocycles. The molecule has 0 aliphatic rings. The molecule has 0 spiro atoms. The highest BCUT2D eigenvalue weighted by Crippen LogP contribution is 2.33. The molecule has 2 aromatic heterocycles. The van der Waals surface area contributed by atoms with E-state index in [9.17, 15) is 22.3 Å². The maximum Gasteiger partial charge on any atom is 0.281 e. The van der Waals surface area contributed by atoms with Crippen LogP contribution in [0.4, 0.5) is 19.6 Å². The Morgan fingerprint density at radius 3 is 2.67 bits per heavy atom. The Morgan fingerprint density at radius 1 is 1.19 bits per heavy atom. The Hall–Kier alpha value is -3.48. The molecule has 0 aliphatic heterocycles. The van der Waals surface area contributed by atoms with Crippen molar-refractivity contribution in [2.24, 2.45) is 0 Å². The van der Waals surface area contributed by atoms with Gasteiger partial charge in [-0.2, -0.15) is 12.8 Å². The minimum atomic E-state index is -4.19. The van der Waals surface area contributed by atoms with Crippen LogP contribution in [0.1, 0.15) is 11.1 Å². The zero-order valence-corrected chi connectivity index (χ0v) is 21.2. The van der Waals surface area contributed by atoms with Gasteiger partial charge in [0, 0.05) is 17.7 Å². The van der Waals surface area contributed by atoms with Crippen LogP contribution in [-0.4, -0.2) is 30.6 Å². The Kier molecular flexibility index (Phi) is 7.29. The van der Waals surface area contributed by atoms with E-state index in [0.717, 1.165) is 6.07 Å². The summed E-state index contributed by atoms with van der Waals surface area (Å²) in [5.41, 5.74) is 1.46. The van der Waals surface area contributed by atoms with Crippen molar-refractivity contribution in [2.75, 3.05) is 17.1 Å². The number of sulfonamides is 1. The number of phenols is 1. The second-order valence-corrected chi connectivity index (χ2v) is 10.5. The van der Waals surface area contributed by atoms with Gasteiger partial charge in [-0.25, -0.2) is 14.4 Å². The monoisotopic (exact) mass is 552 g/mol. The third kappa shape index (κ3) is 5.35. The number of rotatable bonds is 8. The number of ether oxygens (including phenoxy) is 1. The SMILES string of the molecule is COc1cccc(CNc2cnc(S(=O)(=O)Nc3nc(-c4ccc(F)c(Cl)c4)c(F)s3)c(C)c2)c1O. The maximum atomic E-state index is 14.5. The molecular weight excluding hydrogens is 534 g/mol. The molecule has 3 N–H and O–H groups in total. The summed E-state index contributed by atoms with van der Waals surface area (Å²) in [4.78, 5) is 8.04. The molecule has 0 saturated carbocycles. The fraction of sp³-hybridized carbons (Fsp3) is 0.130. The van der Waals surface area contributed by atoms with Crippen molar-refractivity contribution >= 4 is 43.8 Å². The minimum absolute atomic E-state index is 0.00135. The summed E-state index contributed by atoms with van der Waals surface area (Å²) in [6.07, 6.45) is 1.33. The number of halogens is 3. The van der Waals surface area contributed by atoms with Crippen molar-refractivity contribution in [3.05, 3.63) is 75.8 Å². The van der Waals surface area contributed by atoms with Gasteiger partial charge in [0.1, 0.15) is 11.5 Å². The van der Waals surface area contributed by atoms with Gasteiger partial charge in [-0.3, -0.25) is 4.72 Å². The number of thiazole rings is 1. The number of nitrogens with one attached hydrogen (secondary N) is 2. The summed E-state index contributed by atoms with van der Waals surface area (Å²) in [5, 5.41) is 11.8. The number of anilines is 2. The molecule has 0 saturated heterocycles. The highest BCUT2D eigenvalue weighted by Gasteiger charge is 2.23. The van der Waals surface area contributed by atoms with Crippen LogP contribution in [0.3, 0.4) is 0 Å². The molecule has 4 rings (SSSR count). The first kappa shape index (κ1) is 25.6. The number of aromatic nitrogens is 2. The second kappa shape index (κ2) is 10.2. The van der Waals surface area contributed by atoms with Crippen molar-refractivity contribution in [1.82, 2.24) is 9.97 Å². The lowest BCUT2D eigenvalue weighted by molar-refractivity contribution is 0.371. The summed E-state index contributed by atoms with van der Waals surface area (Å²) in [6, 6.07) is 10.2. The lowest BCUT2D eigenvalue weighted by atomic mass is 10.2. The van der Waals surface area contributed by atoms with Gasteiger partial charge in [0.05, 0.1) is 24.0 Å². The number of pyridine rings is 1. The molecule has 2 aromatic carbocycles. The lowest BCUT2D eigenvalue weighted by Crippen LogP contribution is -2.16. The van der Waals surface area contributed by atoms with Crippen LogP contribution in [0.25, 0.3) is 11.3 Å². The number of hydrogen-bond donors (Lipinski definition) is 3. The van der Waals surface area contributed by atoms with Crippen LogP contribution in [0.15, 0.2) is 53.7 Å². The summed E-state index contributed by atoms with van der Waals surface area (Å²) >= 11 is 6.23. The van der Waals surface area contributed by atoms with Crippen LogP contribution in [-0.2, 0) is 16.6 Å². The van der Waals surface area contributed by atoms with Gasteiger partial charge in [-0.1, -0.05) is 35.1 Å². The minimum Gasteiger partial charge on any atom is -0.504 e. The molecule has 0 fully saturated rings. The standard InChI is InChI=1S/C23H19ClF2N4O4S2/c1-12-8-15(27-10-14-4-3-5-18(34-2)20(14)31)11-28-22(12)36(32,33)30-23-29-19(21(26)35-23)13-6-7-17(25)16(24)9-13/h3-9,11,27,31H,10H2,1-2H3,(H,29,30). The van der Waals surface area contributed by atoms with Gasteiger partial charge >= 0.3 is 0 Å². The number of para-hydroxylation sites is 1. The van der Waals surface area contributed by atoms with E-state index in [1.807, 2.05) is 0 Å². The van der Waals surface area contributed by atoms with Crippen molar-refractivity contribution in [1.29, 1.82) is 0 Å². The number of hydrogen-bond acceptors (Lipinski definition) is 8. The highest BCUT2D eigenvalue weighted by molar-refractivity contribution is 7.92. The first-order valence-electron chi connectivity index (χ1n) is 10.3. The number of phenolic OH excluding ortho intramolecular Hbond substituents is 1. The first-order valence-corrected chi connectivity index (χ1v) is 13.0. The summed E-state index contributed by atoms with van der Waals surface area (Å²) in [6.45, 7) is 1.80. The summed E-state index contributed by atoms with van der Waals surface area (Å²) in [7, 11) is -2.74. The second-order valence-electron chi connectivity index (χ2n) is 7.54. The quantitative estimate of drug-likeness (QED) is 0.262. The van der Waals surface area contributed by atoms with Crippen LogP contribution < -0.4 is 14.8 Å². The molecule has 0 bridgehead atoms. The molecule has 188 valence electrons. The van der Waals surface area contributed by atoms with E-state index in [-0.39, 0.29) is 38.7 Å². The van der Waals surface area contributed by atoms with Gasteiger partial charge in [0.25, 0.3) is 10.0 Å². The van der Waals surface area contributed by atoms with Crippen LogP contribution >= 0.6 is 22.9 Å². The topological polar surface area (TPSA) is 113 Å². The molecule has 0 radical (unpaired) electrons. The van der Waals surface area contributed by atoms with Crippen LogP contribution in [0.2, 0.25) is 5.02 Å². The van der Waals surface area contributed by atoms with E-state index in [1.165, 1.54) is 25.4 Å².